The van der Waals surface area contributed by atoms with Crippen molar-refractivity contribution in [2.45, 2.75) is 63.5 Å². The Balaban J connectivity index is 1.21. The third-order valence-corrected chi connectivity index (χ3v) is 7.37. The minimum atomic E-state index is -3.14. The number of ether oxygens (including phenoxy) is 1. The Kier molecular flexibility index (Phi) is 6.83. The highest BCUT2D eigenvalue weighted by molar-refractivity contribution is 5.94. The lowest BCUT2D eigenvalue weighted by Gasteiger charge is -2.22. The lowest BCUT2D eigenvalue weighted by Crippen LogP contribution is -2.46. The fourth-order valence-corrected chi connectivity index (χ4v) is 5.43. The first-order valence-corrected chi connectivity index (χ1v) is 12.3. The molecule has 4 heterocycles. The van der Waals surface area contributed by atoms with Crippen LogP contribution in [0.2, 0.25) is 0 Å². The second kappa shape index (κ2) is 10.1. The molecule has 2 aromatic rings. The van der Waals surface area contributed by atoms with Crippen LogP contribution >= 0.6 is 0 Å². The van der Waals surface area contributed by atoms with Crippen LogP contribution < -0.4 is 5.32 Å². The molecule has 0 unspecified atom stereocenters. The highest BCUT2D eigenvalue weighted by Crippen LogP contribution is 2.34. The van der Waals surface area contributed by atoms with Crippen molar-refractivity contribution in [1.29, 1.82) is 5.26 Å². The van der Waals surface area contributed by atoms with Crippen molar-refractivity contribution >= 4 is 17.7 Å². The summed E-state index contributed by atoms with van der Waals surface area (Å²) in [6.45, 7) is 0.764. The Bertz CT molecular complexity index is 1310. The van der Waals surface area contributed by atoms with Gasteiger partial charge in [-0.3, -0.25) is 14.4 Å². The number of hydrogen-bond acceptors (Lipinski definition) is 7. The van der Waals surface area contributed by atoms with Gasteiger partial charge in [0.1, 0.15) is 12.1 Å². The first-order chi connectivity index (χ1) is 18.2. The molecule has 5 rings (SSSR count). The van der Waals surface area contributed by atoms with Crippen LogP contribution in [0.4, 0.5) is 8.78 Å². The number of methoxy groups -OCH3 is 1. The van der Waals surface area contributed by atoms with Crippen molar-refractivity contribution in [1.82, 2.24) is 30.1 Å². The Morgan fingerprint density at radius 1 is 1.32 bits per heavy atom. The molecule has 0 aliphatic carbocycles. The van der Waals surface area contributed by atoms with Crippen molar-refractivity contribution in [2.24, 2.45) is 5.92 Å². The zero-order valence-electron chi connectivity index (χ0n) is 20.8. The lowest BCUT2D eigenvalue weighted by molar-refractivity contribution is -0.135. The van der Waals surface area contributed by atoms with E-state index in [1.165, 1.54) is 0 Å². The number of benzene rings is 1. The van der Waals surface area contributed by atoms with Crippen LogP contribution in [0.5, 0.6) is 0 Å². The molecule has 0 saturated carbocycles. The maximum Gasteiger partial charge on any atom is 0.268 e. The average Bonchev–Trinajstić information content (AvgIpc) is 3.65. The van der Waals surface area contributed by atoms with Gasteiger partial charge in [-0.25, -0.2) is 13.5 Å². The van der Waals surface area contributed by atoms with E-state index < -0.39 is 48.7 Å². The predicted molar refractivity (Wildman–Crippen MR) is 126 cm³/mol. The van der Waals surface area contributed by atoms with Crippen LogP contribution in [-0.2, 0) is 45.4 Å². The van der Waals surface area contributed by atoms with E-state index in [0.717, 1.165) is 27.3 Å². The first-order valence-electron chi connectivity index (χ1n) is 12.3. The van der Waals surface area contributed by atoms with E-state index in [0.29, 0.717) is 26.2 Å². The number of nitriles is 1. The topological polar surface area (TPSA) is 133 Å². The van der Waals surface area contributed by atoms with Gasteiger partial charge in [0.05, 0.1) is 37.7 Å². The molecule has 3 aliphatic heterocycles. The van der Waals surface area contributed by atoms with Gasteiger partial charge in [0.2, 0.25) is 17.7 Å². The molecule has 2 saturated heterocycles. The molecule has 38 heavy (non-hydrogen) atoms. The van der Waals surface area contributed by atoms with E-state index >= 15 is 0 Å². The van der Waals surface area contributed by atoms with E-state index in [2.05, 4.69) is 15.6 Å². The van der Waals surface area contributed by atoms with E-state index in [-0.39, 0.29) is 18.7 Å². The van der Waals surface area contributed by atoms with E-state index in [1.54, 1.807) is 29.0 Å². The number of alkyl halides is 2. The molecule has 200 valence electrons. The van der Waals surface area contributed by atoms with Crippen LogP contribution in [0.25, 0.3) is 0 Å². The number of halogens is 2. The smallest absolute Gasteiger partial charge is 0.268 e. The molecule has 3 amide bonds. The van der Waals surface area contributed by atoms with E-state index in [4.69, 9.17) is 4.74 Å². The van der Waals surface area contributed by atoms with Gasteiger partial charge in [0, 0.05) is 39.0 Å². The van der Waals surface area contributed by atoms with Crippen LogP contribution in [0.3, 0.4) is 0 Å². The lowest BCUT2D eigenvalue weighted by atomic mass is 9.99. The number of carbonyl (C=O) groups excluding carboxylic acids is 3. The van der Waals surface area contributed by atoms with Gasteiger partial charge < -0.3 is 19.9 Å². The summed E-state index contributed by atoms with van der Waals surface area (Å²) < 4.78 is 34.5. The summed E-state index contributed by atoms with van der Waals surface area (Å²) in [5, 5.41) is 19.8. The fourth-order valence-electron chi connectivity index (χ4n) is 5.43. The summed E-state index contributed by atoms with van der Waals surface area (Å²) >= 11 is 0. The Labute approximate surface area is 217 Å². The largest absolute Gasteiger partial charge is 0.378 e. The number of nitrogens with one attached hydrogen (secondary N) is 1. The number of nitrogens with zero attached hydrogens (tertiary/aromatic N) is 6. The first kappa shape index (κ1) is 25.7. The summed E-state index contributed by atoms with van der Waals surface area (Å²) in [6.07, 6.45) is 0.838. The maximum absolute atomic E-state index is 13.8. The quantitative estimate of drug-likeness (QED) is 0.567. The number of hydrogen-bond donors (Lipinski definition) is 1. The monoisotopic (exact) mass is 527 g/mol. The highest BCUT2D eigenvalue weighted by Gasteiger charge is 2.50. The van der Waals surface area contributed by atoms with E-state index in [1.807, 2.05) is 18.2 Å². The van der Waals surface area contributed by atoms with Crippen LogP contribution in [0.1, 0.15) is 41.6 Å². The zero-order valence-corrected chi connectivity index (χ0v) is 20.8. The molecule has 1 N–H and O–H groups in total. The van der Waals surface area contributed by atoms with Crippen LogP contribution in [0, 0.1) is 17.2 Å². The normalized spacial score (nSPS) is 23.8. The second-order valence-electron chi connectivity index (χ2n) is 9.99. The summed E-state index contributed by atoms with van der Waals surface area (Å²) in [7, 11) is 1.59. The predicted octanol–water partition coefficient (Wildman–Crippen LogP) is 0.970. The van der Waals surface area contributed by atoms with Gasteiger partial charge in [0.25, 0.3) is 5.92 Å². The van der Waals surface area contributed by atoms with Gasteiger partial charge >= 0.3 is 0 Å². The standard InChI is InChI=1S/C25H27F2N7O4/c1-38-13-19-9-29-31-34(19)11-16-4-2-3-15-10-32(12-20(15)16)22(35)6-17-5-21(30-23(17)36)24(37)33-14-25(26,27)7-18(33)8-28/h2-4,9,17-18,21H,5-7,10-14H2,1H3,(H,30,36)/t17-,18-,21-/m0/s1. The molecule has 3 aliphatic rings. The molecule has 0 bridgehead atoms. The number of likely N-dealkylation sites (tertiary alicyclic amines) is 1. The third-order valence-electron chi connectivity index (χ3n) is 7.37. The van der Waals surface area contributed by atoms with Crippen LogP contribution in [0.15, 0.2) is 24.4 Å². The van der Waals surface area contributed by atoms with Crippen molar-refractivity contribution in [3.63, 3.8) is 0 Å². The number of fused-ring (bicyclic) bond motifs is 1. The number of amides is 3. The van der Waals surface area contributed by atoms with Crippen molar-refractivity contribution < 1.29 is 27.9 Å². The van der Waals surface area contributed by atoms with Crippen molar-refractivity contribution in [2.75, 3.05) is 13.7 Å². The van der Waals surface area contributed by atoms with Gasteiger partial charge in [-0.2, -0.15) is 5.26 Å². The average molecular weight is 528 g/mol. The molecular formula is C25H27F2N7O4. The fraction of sp³-hybridized carbons (Fsp3) is 0.520. The molecule has 13 heteroatoms. The van der Waals surface area contributed by atoms with Crippen molar-refractivity contribution in [3.8, 4) is 6.07 Å². The Morgan fingerprint density at radius 3 is 2.89 bits per heavy atom. The SMILES string of the molecule is COCc1cnnn1Cc1cccc2c1CN(C(=O)C[C@@H]1C[C@@H](C(=O)N3CC(F)(F)C[C@H]3C#N)NC1=O)C2. The zero-order chi connectivity index (χ0) is 27.0. The third kappa shape index (κ3) is 4.96. The molecule has 11 nitrogen and oxygen atoms in total. The van der Waals surface area contributed by atoms with Crippen molar-refractivity contribution in [3.05, 3.63) is 46.8 Å². The van der Waals surface area contributed by atoms with Gasteiger partial charge in [0.15, 0.2) is 0 Å². The maximum atomic E-state index is 13.8. The summed E-state index contributed by atoms with van der Waals surface area (Å²) in [6, 6.07) is 5.32. The molecule has 3 atom stereocenters. The molecule has 0 radical (unpaired) electrons. The second-order valence-corrected chi connectivity index (χ2v) is 9.99. The molecule has 1 aromatic heterocycles. The molecule has 0 spiro atoms. The summed E-state index contributed by atoms with van der Waals surface area (Å²) in [5.41, 5.74) is 3.84. The van der Waals surface area contributed by atoms with Crippen LogP contribution in [-0.4, -0.2) is 74.2 Å². The van der Waals surface area contributed by atoms with E-state index in [9.17, 15) is 28.4 Å². The Hall–Kier alpha value is -3.92. The minimum Gasteiger partial charge on any atom is -0.378 e. The number of carbonyl (C=O) groups is 3. The summed E-state index contributed by atoms with van der Waals surface area (Å²) in [5.74, 6) is -5.31. The molecular weight excluding hydrogens is 500 g/mol. The number of aromatic nitrogens is 3. The molecule has 2 fully saturated rings. The van der Waals surface area contributed by atoms with Gasteiger partial charge in [-0.15, -0.1) is 5.10 Å². The van der Waals surface area contributed by atoms with Gasteiger partial charge in [-0.05, 0) is 23.1 Å². The van der Waals surface area contributed by atoms with Gasteiger partial charge in [-0.1, -0.05) is 23.4 Å². The highest BCUT2D eigenvalue weighted by atomic mass is 19.3. The Morgan fingerprint density at radius 2 is 2.13 bits per heavy atom. The summed E-state index contributed by atoms with van der Waals surface area (Å²) in [4.78, 5) is 41.1. The minimum absolute atomic E-state index is 0.0181. The number of rotatable bonds is 7. The molecule has 1 aromatic carbocycles.